The Morgan fingerprint density at radius 2 is 1.04 bits per heavy atom. The Balaban J connectivity index is 0. The molecule has 0 saturated heterocycles. The van der Waals surface area contributed by atoms with Crippen LogP contribution in [0, 0.1) is 0 Å². The summed E-state index contributed by atoms with van der Waals surface area (Å²) < 4.78 is 31.1. The molecule has 5 nitrogen and oxygen atoms in total. The van der Waals surface area contributed by atoms with Crippen LogP contribution in [0.4, 0.5) is 0 Å². The third kappa shape index (κ3) is 22.8. The molecule has 0 N–H and O–H groups in total. The van der Waals surface area contributed by atoms with E-state index in [2.05, 4.69) is 20.3 Å². The Kier molecular flexibility index (Phi) is 23.7. The molecule has 0 aromatic rings. The van der Waals surface area contributed by atoms with Crippen LogP contribution in [-0.4, -0.2) is 51.2 Å². The van der Waals surface area contributed by atoms with Crippen LogP contribution in [0.25, 0.3) is 0 Å². The standard InChI is InChI=1S/C18H38O5S.Na.H/c1-3-5-6-7-8-9-10-11-12-13-14-15-16-17-18-22-24(19,20)23-21-4-2;;/h3-18H2,1-2H3;;. The first kappa shape index (κ1) is 28.0. The van der Waals surface area contributed by atoms with Gasteiger partial charge in [-0.15, -0.1) is 0 Å². The van der Waals surface area contributed by atoms with E-state index in [1.54, 1.807) is 6.92 Å². The second-order valence-electron chi connectivity index (χ2n) is 6.30. The second-order valence-corrected chi connectivity index (χ2v) is 7.49. The van der Waals surface area contributed by atoms with E-state index in [-0.39, 0.29) is 42.8 Å². The number of rotatable bonds is 19. The van der Waals surface area contributed by atoms with Gasteiger partial charge in [-0.05, 0) is 13.3 Å². The quantitative estimate of drug-likeness (QED) is 0.134. The van der Waals surface area contributed by atoms with Crippen molar-refractivity contribution in [3.63, 3.8) is 0 Å². The van der Waals surface area contributed by atoms with Gasteiger partial charge in [0.2, 0.25) is 0 Å². The van der Waals surface area contributed by atoms with Crippen molar-refractivity contribution in [3.05, 3.63) is 0 Å². The molecule has 0 aliphatic heterocycles. The summed E-state index contributed by atoms with van der Waals surface area (Å²) in [7, 11) is -3.98. The van der Waals surface area contributed by atoms with Crippen molar-refractivity contribution in [1.82, 2.24) is 0 Å². The summed E-state index contributed by atoms with van der Waals surface area (Å²) in [5.41, 5.74) is 0. The number of hydrogen-bond donors (Lipinski definition) is 0. The summed E-state index contributed by atoms with van der Waals surface area (Å²) in [6.07, 6.45) is 17.7. The van der Waals surface area contributed by atoms with Crippen molar-refractivity contribution < 1.29 is 21.8 Å². The molecule has 148 valence electrons. The van der Waals surface area contributed by atoms with Crippen LogP contribution in [0.2, 0.25) is 0 Å². The molecular formula is C18H39NaO5S. The van der Waals surface area contributed by atoms with E-state index in [0.717, 1.165) is 19.3 Å². The number of unbranched alkanes of at least 4 members (excludes halogenated alkanes) is 13. The van der Waals surface area contributed by atoms with Gasteiger partial charge in [-0.3, -0.25) is 0 Å². The SMILES string of the molecule is CCCCCCCCCCCCCCCCOS(=O)(=O)OOCC.[NaH]. The van der Waals surface area contributed by atoms with Crippen LogP contribution in [-0.2, 0) is 23.8 Å². The van der Waals surface area contributed by atoms with Crippen molar-refractivity contribution in [2.45, 2.75) is 104 Å². The fraction of sp³-hybridized carbons (Fsp3) is 1.00. The Labute approximate surface area is 178 Å². The molecule has 0 aromatic heterocycles. The monoisotopic (exact) mass is 390 g/mol. The summed E-state index contributed by atoms with van der Waals surface area (Å²) in [6.45, 7) is 4.23. The average Bonchev–Trinajstić information content (AvgIpc) is 2.56. The minimum absolute atomic E-state index is 0. The van der Waals surface area contributed by atoms with Crippen molar-refractivity contribution in [1.29, 1.82) is 0 Å². The van der Waals surface area contributed by atoms with Gasteiger partial charge in [0, 0.05) is 0 Å². The van der Waals surface area contributed by atoms with Gasteiger partial charge in [-0.25, -0.2) is 9.07 Å². The van der Waals surface area contributed by atoms with Gasteiger partial charge in [0.05, 0.1) is 13.2 Å². The Hall–Kier alpha value is 0.830. The van der Waals surface area contributed by atoms with Gasteiger partial charge >= 0.3 is 40.0 Å². The fourth-order valence-electron chi connectivity index (χ4n) is 2.58. The molecule has 7 heteroatoms. The predicted octanol–water partition coefficient (Wildman–Crippen LogP) is 5.05. The third-order valence-corrected chi connectivity index (χ3v) is 4.69. The zero-order valence-corrected chi connectivity index (χ0v) is 16.6. The Morgan fingerprint density at radius 3 is 1.44 bits per heavy atom. The molecule has 0 aromatic carbocycles. The predicted molar refractivity (Wildman–Crippen MR) is 105 cm³/mol. The van der Waals surface area contributed by atoms with Gasteiger partial charge in [-0.2, -0.15) is 8.42 Å². The molecule has 0 unspecified atom stereocenters. The molecule has 0 aliphatic rings. The van der Waals surface area contributed by atoms with E-state index in [0.29, 0.717) is 0 Å². The zero-order chi connectivity index (χ0) is 17.9. The molecule has 0 fully saturated rings. The molecule has 0 rings (SSSR count). The van der Waals surface area contributed by atoms with E-state index < -0.39 is 10.4 Å². The molecule has 0 radical (unpaired) electrons. The Bertz CT molecular complexity index is 349. The van der Waals surface area contributed by atoms with Gasteiger partial charge in [0.25, 0.3) is 0 Å². The Morgan fingerprint density at radius 1 is 0.640 bits per heavy atom. The van der Waals surface area contributed by atoms with Crippen LogP contribution < -0.4 is 0 Å². The summed E-state index contributed by atoms with van der Waals surface area (Å²) >= 11 is 0. The van der Waals surface area contributed by atoms with Crippen LogP contribution in [0.5, 0.6) is 0 Å². The fourth-order valence-corrected chi connectivity index (χ4v) is 3.16. The summed E-state index contributed by atoms with van der Waals surface area (Å²) in [5.74, 6) is 0. The van der Waals surface area contributed by atoms with E-state index in [1.807, 2.05) is 0 Å². The second kappa shape index (κ2) is 21.1. The van der Waals surface area contributed by atoms with Gasteiger partial charge < -0.3 is 0 Å². The maximum atomic E-state index is 11.2. The van der Waals surface area contributed by atoms with Crippen LogP contribution >= 0.6 is 0 Å². The summed E-state index contributed by atoms with van der Waals surface area (Å²) in [5, 5.41) is 0. The van der Waals surface area contributed by atoms with Crippen molar-refractivity contribution in [2.24, 2.45) is 0 Å². The zero-order valence-electron chi connectivity index (χ0n) is 15.8. The molecule has 0 atom stereocenters. The van der Waals surface area contributed by atoms with E-state index in [4.69, 9.17) is 0 Å². The minimum atomic E-state index is -3.98. The van der Waals surface area contributed by atoms with Crippen LogP contribution in [0.3, 0.4) is 0 Å². The molecule has 0 heterocycles. The van der Waals surface area contributed by atoms with E-state index in [9.17, 15) is 8.42 Å². The van der Waals surface area contributed by atoms with E-state index in [1.165, 1.54) is 70.6 Å². The molecule has 0 amide bonds. The average molecular weight is 391 g/mol. The number of hydrogen-bond acceptors (Lipinski definition) is 5. The topological polar surface area (TPSA) is 61.8 Å². The third-order valence-electron chi connectivity index (χ3n) is 3.97. The normalized spacial score (nSPS) is 11.4. The van der Waals surface area contributed by atoms with Gasteiger partial charge in [-0.1, -0.05) is 94.7 Å². The first-order chi connectivity index (χ1) is 11.6. The van der Waals surface area contributed by atoms with Crippen molar-refractivity contribution in [3.8, 4) is 0 Å². The van der Waals surface area contributed by atoms with Crippen molar-refractivity contribution >= 4 is 40.0 Å². The molecule has 0 spiro atoms. The van der Waals surface area contributed by atoms with Gasteiger partial charge in [0.15, 0.2) is 0 Å². The maximum absolute atomic E-state index is 11.2. The molecule has 0 bridgehead atoms. The first-order valence-electron chi connectivity index (χ1n) is 9.82. The van der Waals surface area contributed by atoms with Crippen LogP contribution in [0.1, 0.15) is 104 Å². The first-order valence-corrected chi connectivity index (χ1v) is 11.2. The molecule has 0 saturated carbocycles. The molecule has 0 aliphatic carbocycles. The summed E-state index contributed by atoms with van der Waals surface area (Å²) in [6, 6.07) is 0. The molecule has 25 heavy (non-hydrogen) atoms. The van der Waals surface area contributed by atoms with Gasteiger partial charge in [0.1, 0.15) is 0 Å². The van der Waals surface area contributed by atoms with Crippen LogP contribution in [0.15, 0.2) is 0 Å². The van der Waals surface area contributed by atoms with E-state index >= 15 is 0 Å². The molecular weight excluding hydrogens is 351 g/mol. The van der Waals surface area contributed by atoms with Crippen molar-refractivity contribution in [2.75, 3.05) is 13.2 Å². The summed E-state index contributed by atoms with van der Waals surface area (Å²) in [4.78, 5) is 4.36.